The van der Waals surface area contributed by atoms with Gasteiger partial charge in [0.25, 0.3) is 0 Å². The van der Waals surface area contributed by atoms with E-state index < -0.39 is 11.9 Å². The molecule has 0 aliphatic carbocycles. The molecule has 1 aromatic carbocycles. The topological polar surface area (TPSA) is 106 Å². The molecule has 1 aromatic heterocycles. The predicted octanol–water partition coefficient (Wildman–Crippen LogP) is 1.88. The molecule has 2 aromatic rings. The smallest absolute Gasteiger partial charge is 0.411 e. The lowest BCUT2D eigenvalue weighted by Gasteiger charge is -2.14. The lowest BCUT2D eigenvalue weighted by molar-refractivity contribution is 0.203. The van der Waals surface area contributed by atoms with Crippen LogP contribution in [0.5, 0.6) is 0 Å². The normalized spacial score (nSPS) is 10.3. The first kappa shape index (κ1) is 11.7. The first-order chi connectivity index (χ1) is 8.45. The number of fused-ring (bicyclic) bond motifs is 1. The Kier molecular flexibility index (Phi) is 2.56. The van der Waals surface area contributed by atoms with Gasteiger partial charge in [0, 0.05) is 12.4 Å². The van der Waals surface area contributed by atoms with E-state index in [4.69, 9.17) is 16.1 Å². The molecular weight excluding hydrogens is 239 g/mol. The maximum Gasteiger partial charge on any atom is 0.411 e. The molecule has 7 heteroatoms. The number of benzene rings is 1. The van der Waals surface area contributed by atoms with Crippen LogP contribution in [0.15, 0.2) is 12.1 Å². The minimum atomic E-state index is -1.24. The van der Waals surface area contributed by atoms with E-state index in [0.29, 0.717) is 5.52 Å². The summed E-state index contributed by atoms with van der Waals surface area (Å²) in [4.78, 5) is 14.5. The molecule has 0 bridgehead atoms. The number of aromatic amines is 1. The standard InChI is InChI=1S/C11H9FN4O2/c1-16(11(17)18)8-3-5(12)2-6-7(4-13)10(14)15-9(6)8/h2-3,15H,14H2,1H3,(H,17,18). The van der Waals surface area contributed by atoms with Crippen LogP contribution in [0.4, 0.5) is 20.7 Å². The lowest BCUT2D eigenvalue weighted by Crippen LogP contribution is -2.24. The fraction of sp³-hybridized carbons (Fsp3) is 0.0909. The molecule has 0 saturated heterocycles. The van der Waals surface area contributed by atoms with Gasteiger partial charge in [0.15, 0.2) is 0 Å². The monoisotopic (exact) mass is 248 g/mol. The zero-order valence-electron chi connectivity index (χ0n) is 9.36. The second-order valence-electron chi connectivity index (χ2n) is 3.71. The Bertz CT molecular complexity index is 686. The largest absolute Gasteiger partial charge is 0.465 e. The van der Waals surface area contributed by atoms with Gasteiger partial charge in [-0.05, 0) is 12.1 Å². The fourth-order valence-corrected chi connectivity index (χ4v) is 1.75. The molecule has 0 atom stereocenters. The summed E-state index contributed by atoms with van der Waals surface area (Å²) < 4.78 is 13.5. The highest BCUT2D eigenvalue weighted by atomic mass is 19.1. The Morgan fingerprint density at radius 2 is 2.28 bits per heavy atom. The highest BCUT2D eigenvalue weighted by Gasteiger charge is 2.18. The van der Waals surface area contributed by atoms with Gasteiger partial charge in [0.1, 0.15) is 23.3 Å². The molecule has 4 N–H and O–H groups in total. The van der Waals surface area contributed by atoms with Crippen molar-refractivity contribution >= 4 is 28.5 Å². The molecule has 1 heterocycles. The average molecular weight is 248 g/mol. The number of amides is 1. The van der Waals surface area contributed by atoms with Crippen molar-refractivity contribution in [2.75, 3.05) is 17.7 Å². The van der Waals surface area contributed by atoms with E-state index >= 15 is 0 Å². The fourth-order valence-electron chi connectivity index (χ4n) is 1.75. The minimum Gasteiger partial charge on any atom is -0.465 e. The van der Waals surface area contributed by atoms with Crippen LogP contribution in [0.1, 0.15) is 5.56 Å². The van der Waals surface area contributed by atoms with E-state index in [1.807, 2.05) is 6.07 Å². The van der Waals surface area contributed by atoms with Crippen molar-refractivity contribution in [2.45, 2.75) is 0 Å². The number of nitriles is 1. The quantitative estimate of drug-likeness (QED) is 0.716. The summed E-state index contributed by atoms with van der Waals surface area (Å²) >= 11 is 0. The van der Waals surface area contributed by atoms with Crippen molar-refractivity contribution in [3.8, 4) is 6.07 Å². The number of hydrogen-bond acceptors (Lipinski definition) is 3. The van der Waals surface area contributed by atoms with Crippen LogP contribution in [0, 0.1) is 17.1 Å². The van der Waals surface area contributed by atoms with Crippen LogP contribution in [0.25, 0.3) is 10.9 Å². The molecule has 0 aliphatic heterocycles. The molecule has 0 fully saturated rings. The SMILES string of the molecule is CN(C(=O)O)c1cc(F)cc2c(C#N)c(N)[nH]c12. The van der Waals surface area contributed by atoms with E-state index in [2.05, 4.69) is 4.98 Å². The third-order valence-electron chi connectivity index (χ3n) is 2.64. The molecular formula is C11H9FN4O2. The molecule has 6 nitrogen and oxygen atoms in total. The maximum absolute atomic E-state index is 13.5. The Balaban J connectivity index is 2.83. The third-order valence-corrected chi connectivity index (χ3v) is 2.64. The Morgan fingerprint density at radius 1 is 1.61 bits per heavy atom. The van der Waals surface area contributed by atoms with E-state index in [1.54, 1.807) is 0 Å². The second kappa shape index (κ2) is 3.92. The maximum atomic E-state index is 13.5. The highest BCUT2D eigenvalue weighted by Crippen LogP contribution is 2.32. The van der Waals surface area contributed by atoms with Gasteiger partial charge in [-0.2, -0.15) is 5.26 Å². The zero-order chi connectivity index (χ0) is 13.4. The number of nitrogens with two attached hydrogens (primary N) is 1. The van der Waals surface area contributed by atoms with E-state index in [1.165, 1.54) is 7.05 Å². The number of anilines is 2. The summed E-state index contributed by atoms with van der Waals surface area (Å²) in [7, 11) is 1.28. The average Bonchev–Trinajstić information content (AvgIpc) is 2.62. The van der Waals surface area contributed by atoms with Crippen molar-refractivity contribution in [2.24, 2.45) is 0 Å². The first-order valence-electron chi connectivity index (χ1n) is 4.93. The van der Waals surface area contributed by atoms with Crippen molar-refractivity contribution in [1.82, 2.24) is 4.98 Å². The van der Waals surface area contributed by atoms with Gasteiger partial charge in [0.05, 0.1) is 11.2 Å². The van der Waals surface area contributed by atoms with Crippen LogP contribution < -0.4 is 10.6 Å². The van der Waals surface area contributed by atoms with Gasteiger partial charge in [-0.25, -0.2) is 9.18 Å². The van der Waals surface area contributed by atoms with Crippen LogP contribution in [0.3, 0.4) is 0 Å². The molecule has 0 unspecified atom stereocenters. The Morgan fingerprint density at radius 3 is 2.83 bits per heavy atom. The second-order valence-corrected chi connectivity index (χ2v) is 3.71. The summed E-state index contributed by atoms with van der Waals surface area (Å²) in [6.45, 7) is 0. The van der Waals surface area contributed by atoms with Crippen molar-refractivity contribution < 1.29 is 14.3 Å². The van der Waals surface area contributed by atoms with Crippen LogP contribution in [-0.2, 0) is 0 Å². The summed E-state index contributed by atoms with van der Waals surface area (Å²) in [5.74, 6) is -0.556. The number of nitrogens with zero attached hydrogens (tertiary/aromatic N) is 2. The van der Waals surface area contributed by atoms with Gasteiger partial charge < -0.3 is 15.8 Å². The highest BCUT2D eigenvalue weighted by molar-refractivity contribution is 6.03. The number of halogens is 1. The molecule has 1 amide bonds. The molecule has 18 heavy (non-hydrogen) atoms. The van der Waals surface area contributed by atoms with E-state index in [-0.39, 0.29) is 22.5 Å². The molecule has 92 valence electrons. The summed E-state index contributed by atoms with van der Waals surface area (Å²) in [5, 5.41) is 18.1. The van der Waals surface area contributed by atoms with Gasteiger partial charge >= 0.3 is 6.09 Å². The van der Waals surface area contributed by atoms with Crippen molar-refractivity contribution in [1.29, 1.82) is 5.26 Å². The van der Waals surface area contributed by atoms with Crippen LogP contribution in [-0.4, -0.2) is 23.2 Å². The Labute approximate surface area is 101 Å². The molecule has 0 aliphatic rings. The summed E-state index contributed by atoms with van der Waals surface area (Å²) in [5.41, 5.74) is 6.11. The number of carbonyl (C=O) groups is 1. The number of hydrogen-bond donors (Lipinski definition) is 3. The van der Waals surface area contributed by atoms with E-state index in [0.717, 1.165) is 17.0 Å². The minimum absolute atomic E-state index is 0.0816. The number of aromatic nitrogens is 1. The number of nitrogen functional groups attached to an aromatic ring is 1. The molecule has 0 radical (unpaired) electrons. The first-order valence-corrected chi connectivity index (χ1v) is 4.93. The summed E-state index contributed by atoms with van der Waals surface area (Å²) in [6, 6.07) is 4.05. The summed E-state index contributed by atoms with van der Waals surface area (Å²) in [6.07, 6.45) is -1.24. The molecule has 0 spiro atoms. The number of carboxylic acid groups (broad SMARTS) is 1. The number of nitrogens with one attached hydrogen (secondary N) is 1. The number of rotatable bonds is 1. The number of H-pyrrole nitrogens is 1. The van der Waals surface area contributed by atoms with Gasteiger partial charge in [-0.3, -0.25) is 4.90 Å². The predicted molar refractivity (Wildman–Crippen MR) is 63.8 cm³/mol. The Hall–Kier alpha value is -2.75. The van der Waals surface area contributed by atoms with Gasteiger partial charge in [-0.15, -0.1) is 0 Å². The van der Waals surface area contributed by atoms with Gasteiger partial charge in [-0.1, -0.05) is 0 Å². The van der Waals surface area contributed by atoms with Crippen LogP contribution in [0.2, 0.25) is 0 Å². The lowest BCUT2D eigenvalue weighted by atomic mass is 10.1. The van der Waals surface area contributed by atoms with Gasteiger partial charge in [0.2, 0.25) is 0 Å². The van der Waals surface area contributed by atoms with Crippen molar-refractivity contribution in [3.63, 3.8) is 0 Å². The molecule has 0 saturated carbocycles. The van der Waals surface area contributed by atoms with Crippen LogP contribution >= 0.6 is 0 Å². The van der Waals surface area contributed by atoms with E-state index in [9.17, 15) is 9.18 Å². The molecule has 2 rings (SSSR count). The third kappa shape index (κ3) is 1.60. The van der Waals surface area contributed by atoms with Crippen molar-refractivity contribution in [3.05, 3.63) is 23.5 Å². The zero-order valence-corrected chi connectivity index (χ0v) is 9.36.